The lowest BCUT2D eigenvalue weighted by Crippen LogP contribution is -2.02. The molecule has 1 aromatic carbocycles. The highest BCUT2D eigenvalue weighted by Crippen LogP contribution is 2.20. The van der Waals surface area contributed by atoms with Gasteiger partial charge in [0.15, 0.2) is 17.5 Å². The highest BCUT2D eigenvalue weighted by Gasteiger charge is 2.12. The number of halogens is 3. The first-order valence-corrected chi connectivity index (χ1v) is 5.46. The Morgan fingerprint density at radius 2 is 1.88 bits per heavy atom. The fraction of sp³-hybridized carbons (Fsp3) is 0.0909. The molecule has 0 atom stereocenters. The Balaban J connectivity index is 2.13. The number of thiophene rings is 1. The molecule has 0 saturated carbocycles. The van der Waals surface area contributed by atoms with E-state index < -0.39 is 17.5 Å². The lowest BCUT2D eigenvalue weighted by atomic mass is 10.2. The molecule has 1 aromatic heterocycles. The lowest BCUT2D eigenvalue weighted by molar-refractivity contribution is 0.449. The second-order valence-electron chi connectivity index (χ2n) is 3.16. The third-order valence-electron chi connectivity index (χ3n) is 2.07. The molecular formula is C11H8F3NS. The molecule has 1 nitrogen and oxygen atoms in total. The van der Waals surface area contributed by atoms with Crippen molar-refractivity contribution in [3.8, 4) is 0 Å². The van der Waals surface area contributed by atoms with Gasteiger partial charge in [-0.25, -0.2) is 13.2 Å². The Labute approximate surface area is 94.5 Å². The van der Waals surface area contributed by atoms with Gasteiger partial charge in [-0.2, -0.15) is 0 Å². The third kappa shape index (κ3) is 2.19. The molecule has 5 heteroatoms. The van der Waals surface area contributed by atoms with Gasteiger partial charge in [-0.05, 0) is 23.6 Å². The summed E-state index contributed by atoms with van der Waals surface area (Å²) in [6.07, 6.45) is 0. The number of anilines is 1. The van der Waals surface area contributed by atoms with Crippen LogP contribution in [0, 0.1) is 17.5 Å². The summed E-state index contributed by atoms with van der Waals surface area (Å²) in [6, 6.07) is 5.81. The first-order valence-electron chi connectivity index (χ1n) is 4.58. The van der Waals surface area contributed by atoms with Gasteiger partial charge in [0.1, 0.15) is 0 Å². The summed E-state index contributed by atoms with van der Waals surface area (Å²) in [7, 11) is 0. The third-order valence-corrected chi connectivity index (χ3v) is 2.94. The van der Waals surface area contributed by atoms with Crippen LogP contribution < -0.4 is 5.32 Å². The van der Waals surface area contributed by atoms with Gasteiger partial charge in [-0.3, -0.25) is 0 Å². The summed E-state index contributed by atoms with van der Waals surface area (Å²) in [5, 5.41) is 4.60. The van der Waals surface area contributed by atoms with Crippen LogP contribution in [0.15, 0.2) is 29.6 Å². The van der Waals surface area contributed by atoms with E-state index in [0.29, 0.717) is 6.54 Å². The van der Waals surface area contributed by atoms with Crippen LogP contribution in [0.5, 0.6) is 0 Å². The largest absolute Gasteiger partial charge is 0.378 e. The van der Waals surface area contributed by atoms with Crippen molar-refractivity contribution < 1.29 is 13.2 Å². The van der Waals surface area contributed by atoms with Crippen LogP contribution in [-0.4, -0.2) is 0 Å². The molecule has 0 unspecified atom stereocenters. The molecule has 2 aromatic rings. The topological polar surface area (TPSA) is 12.0 Å². The molecule has 2 rings (SSSR count). The molecule has 0 amide bonds. The molecule has 0 radical (unpaired) electrons. The zero-order chi connectivity index (χ0) is 11.5. The summed E-state index contributed by atoms with van der Waals surface area (Å²) in [4.78, 5) is 0.990. The van der Waals surface area contributed by atoms with Crippen molar-refractivity contribution in [3.63, 3.8) is 0 Å². The van der Waals surface area contributed by atoms with Crippen molar-refractivity contribution >= 4 is 17.0 Å². The Kier molecular flexibility index (Phi) is 3.14. The van der Waals surface area contributed by atoms with Crippen LogP contribution in [0.1, 0.15) is 4.88 Å². The number of hydrogen-bond acceptors (Lipinski definition) is 2. The van der Waals surface area contributed by atoms with Gasteiger partial charge in [0.2, 0.25) is 0 Å². The predicted molar refractivity (Wildman–Crippen MR) is 58.0 cm³/mol. The molecule has 0 aliphatic rings. The lowest BCUT2D eigenvalue weighted by Gasteiger charge is -2.06. The van der Waals surface area contributed by atoms with Crippen LogP contribution in [0.25, 0.3) is 0 Å². The Morgan fingerprint density at radius 1 is 1.06 bits per heavy atom. The Bertz CT molecular complexity index is 482. The number of hydrogen-bond donors (Lipinski definition) is 1. The molecule has 0 aliphatic carbocycles. The first-order chi connectivity index (χ1) is 7.68. The SMILES string of the molecule is Fc1ccc(NCc2cccs2)c(F)c1F. The summed E-state index contributed by atoms with van der Waals surface area (Å²) < 4.78 is 38.7. The van der Waals surface area contributed by atoms with Gasteiger partial charge in [0.25, 0.3) is 0 Å². The van der Waals surface area contributed by atoms with Gasteiger partial charge < -0.3 is 5.32 Å². The van der Waals surface area contributed by atoms with Crippen molar-refractivity contribution in [1.29, 1.82) is 0 Å². The Morgan fingerprint density at radius 3 is 2.56 bits per heavy atom. The summed E-state index contributed by atoms with van der Waals surface area (Å²) >= 11 is 1.50. The van der Waals surface area contributed by atoms with Gasteiger partial charge in [0, 0.05) is 11.4 Å². The standard InChI is InChI=1S/C11H8F3NS/c12-8-3-4-9(11(14)10(8)13)15-6-7-2-1-5-16-7/h1-5,15H,6H2. The monoisotopic (exact) mass is 243 g/mol. The van der Waals surface area contributed by atoms with Crippen LogP contribution in [0.3, 0.4) is 0 Å². The summed E-state index contributed by atoms with van der Waals surface area (Å²) in [5.74, 6) is -3.81. The van der Waals surface area contributed by atoms with E-state index in [1.54, 1.807) is 0 Å². The van der Waals surface area contributed by atoms with Gasteiger partial charge in [0.05, 0.1) is 5.69 Å². The predicted octanol–water partition coefficient (Wildman–Crippen LogP) is 3.78. The molecular weight excluding hydrogens is 235 g/mol. The average molecular weight is 243 g/mol. The molecule has 1 N–H and O–H groups in total. The van der Waals surface area contributed by atoms with E-state index in [4.69, 9.17) is 0 Å². The molecule has 0 spiro atoms. The van der Waals surface area contributed by atoms with E-state index >= 15 is 0 Å². The van der Waals surface area contributed by atoms with Gasteiger partial charge >= 0.3 is 0 Å². The molecule has 0 fully saturated rings. The molecule has 16 heavy (non-hydrogen) atoms. The minimum atomic E-state index is -1.45. The van der Waals surface area contributed by atoms with Crippen molar-refractivity contribution in [2.75, 3.05) is 5.32 Å². The van der Waals surface area contributed by atoms with E-state index in [-0.39, 0.29) is 5.69 Å². The summed E-state index contributed by atoms with van der Waals surface area (Å²) in [5.41, 5.74) is -0.0349. The molecule has 84 valence electrons. The quantitative estimate of drug-likeness (QED) is 0.809. The minimum Gasteiger partial charge on any atom is -0.378 e. The fourth-order valence-corrected chi connectivity index (χ4v) is 1.90. The van der Waals surface area contributed by atoms with Crippen molar-refractivity contribution in [3.05, 3.63) is 52.0 Å². The van der Waals surface area contributed by atoms with Gasteiger partial charge in [-0.1, -0.05) is 6.07 Å². The van der Waals surface area contributed by atoms with Crippen molar-refractivity contribution in [2.45, 2.75) is 6.54 Å². The fourth-order valence-electron chi connectivity index (χ4n) is 1.26. The average Bonchev–Trinajstić information content (AvgIpc) is 2.78. The van der Waals surface area contributed by atoms with Crippen LogP contribution in [-0.2, 0) is 6.54 Å². The zero-order valence-electron chi connectivity index (χ0n) is 8.14. The zero-order valence-corrected chi connectivity index (χ0v) is 8.95. The number of rotatable bonds is 3. The van der Waals surface area contributed by atoms with E-state index in [1.807, 2.05) is 17.5 Å². The normalized spacial score (nSPS) is 10.4. The van der Waals surface area contributed by atoms with Gasteiger partial charge in [-0.15, -0.1) is 11.3 Å². The van der Waals surface area contributed by atoms with E-state index in [0.717, 1.165) is 10.9 Å². The van der Waals surface area contributed by atoms with Crippen molar-refractivity contribution in [1.82, 2.24) is 0 Å². The second-order valence-corrected chi connectivity index (χ2v) is 4.19. The molecule has 0 bridgehead atoms. The first kappa shape index (κ1) is 11.0. The molecule has 0 saturated heterocycles. The van der Waals surface area contributed by atoms with Crippen LogP contribution >= 0.6 is 11.3 Å². The molecule has 1 heterocycles. The summed E-state index contributed by atoms with van der Waals surface area (Å²) in [6.45, 7) is 0.389. The van der Waals surface area contributed by atoms with E-state index in [1.165, 1.54) is 17.4 Å². The highest BCUT2D eigenvalue weighted by atomic mass is 32.1. The van der Waals surface area contributed by atoms with E-state index in [2.05, 4.69) is 5.32 Å². The number of benzene rings is 1. The minimum absolute atomic E-state index is 0.0349. The van der Waals surface area contributed by atoms with E-state index in [9.17, 15) is 13.2 Å². The maximum Gasteiger partial charge on any atom is 0.196 e. The smallest absolute Gasteiger partial charge is 0.196 e. The van der Waals surface area contributed by atoms with Crippen molar-refractivity contribution in [2.24, 2.45) is 0 Å². The number of nitrogens with one attached hydrogen (secondary N) is 1. The second kappa shape index (κ2) is 4.57. The van der Waals surface area contributed by atoms with Crippen LogP contribution in [0.4, 0.5) is 18.9 Å². The van der Waals surface area contributed by atoms with Crippen LogP contribution in [0.2, 0.25) is 0 Å². The maximum atomic E-state index is 13.2. The molecule has 0 aliphatic heterocycles. The highest BCUT2D eigenvalue weighted by molar-refractivity contribution is 7.09. The maximum absolute atomic E-state index is 13.2. The Hall–Kier alpha value is -1.49.